The lowest BCUT2D eigenvalue weighted by molar-refractivity contribution is 0.0691. The molecule has 4 nitrogen and oxygen atoms in total. The summed E-state index contributed by atoms with van der Waals surface area (Å²) in [6, 6.07) is 19.5. The summed E-state index contributed by atoms with van der Waals surface area (Å²) in [6.45, 7) is 2.07. The number of aromatic amines is 2. The Hall–Kier alpha value is -3.01. The van der Waals surface area contributed by atoms with Gasteiger partial charge < -0.3 is 15.1 Å². The van der Waals surface area contributed by atoms with E-state index in [0.717, 1.165) is 10.9 Å². The predicted molar refractivity (Wildman–Crippen MR) is 88.3 cm³/mol. The average Bonchev–Trinajstić information content (AvgIpc) is 3.09. The minimum absolute atomic E-state index is 0.233. The molecule has 2 aromatic carbocycles. The van der Waals surface area contributed by atoms with Gasteiger partial charge in [0.05, 0.1) is 0 Å². The highest BCUT2D eigenvalue weighted by molar-refractivity contribution is 5.93. The first kappa shape index (κ1) is 13.9. The van der Waals surface area contributed by atoms with Gasteiger partial charge in [0, 0.05) is 22.1 Å². The summed E-state index contributed by atoms with van der Waals surface area (Å²) in [4.78, 5) is 16.6. The Kier molecular flexibility index (Phi) is 3.66. The van der Waals surface area contributed by atoms with Gasteiger partial charge in [-0.05, 0) is 36.6 Å². The van der Waals surface area contributed by atoms with Gasteiger partial charge in [0.25, 0.3) is 0 Å². The number of carboxylic acid groups (broad SMARTS) is 1. The first-order chi connectivity index (χ1) is 10.6. The molecule has 0 amide bonds. The summed E-state index contributed by atoms with van der Waals surface area (Å²) in [6.07, 6.45) is 0. The summed E-state index contributed by atoms with van der Waals surface area (Å²) in [5, 5.41) is 10.9. The molecule has 4 rings (SSSR count). The molecule has 0 saturated heterocycles. The quantitative estimate of drug-likeness (QED) is 0.488. The Bertz CT molecular complexity index is 868. The van der Waals surface area contributed by atoms with E-state index in [1.165, 1.54) is 16.6 Å². The van der Waals surface area contributed by atoms with Crippen LogP contribution in [-0.2, 0) is 0 Å². The molecule has 0 saturated carbocycles. The van der Waals surface area contributed by atoms with E-state index in [4.69, 9.17) is 5.11 Å². The van der Waals surface area contributed by atoms with Crippen molar-refractivity contribution >= 4 is 27.8 Å². The number of aromatic nitrogens is 2. The first-order valence-electron chi connectivity index (χ1n) is 6.99. The highest BCUT2D eigenvalue weighted by Crippen LogP contribution is 2.14. The lowest BCUT2D eigenvalue weighted by atomic mass is 10.2. The zero-order valence-electron chi connectivity index (χ0n) is 12.1. The maximum atomic E-state index is 10.5. The van der Waals surface area contributed by atoms with E-state index in [1.54, 1.807) is 6.07 Å². The number of fused-ring (bicyclic) bond motifs is 2. The monoisotopic (exact) mass is 292 g/mol. The van der Waals surface area contributed by atoms with Crippen molar-refractivity contribution in [2.24, 2.45) is 0 Å². The Morgan fingerprint density at radius 2 is 1.41 bits per heavy atom. The number of hydrogen-bond donors (Lipinski definition) is 3. The van der Waals surface area contributed by atoms with Crippen LogP contribution in [0.15, 0.2) is 60.7 Å². The van der Waals surface area contributed by atoms with Gasteiger partial charge in [0.2, 0.25) is 0 Å². The van der Waals surface area contributed by atoms with Crippen molar-refractivity contribution < 1.29 is 9.90 Å². The molecule has 0 spiro atoms. The highest BCUT2D eigenvalue weighted by atomic mass is 16.4. The molecule has 22 heavy (non-hydrogen) atoms. The van der Waals surface area contributed by atoms with Crippen molar-refractivity contribution in [3.8, 4) is 0 Å². The Balaban J connectivity index is 0.000000133. The molecular formula is C18H16N2O2. The largest absolute Gasteiger partial charge is 0.477 e. The minimum atomic E-state index is -0.925. The average molecular weight is 292 g/mol. The van der Waals surface area contributed by atoms with Crippen LogP contribution in [0.4, 0.5) is 0 Å². The van der Waals surface area contributed by atoms with E-state index < -0.39 is 5.97 Å². The zero-order valence-corrected chi connectivity index (χ0v) is 12.1. The van der Waals surface area contributed by atoms with Crippen molar-refractivity contribution in [2.45, 2.75) is 6.92 Å². The van der Waals surface area contributed by atoms with Crippen LogP contribution in [0.5, 0.6) is 0 Å². The second kappa shape index (κ2) is 5.77. The molecule has 0 aliphatic carbocycles. The number of hydrogen-bond acceptors (Lipinski definition) is 1. The number of rotatable bonds is 1. The Morgan fingerprint density at radius 1 is 0.864 bits per heavy atom. The van der Waals surface area contributed by atoms with Crippen LogP contribution in [-0.4, -0.2) is 21.0 Å². The lowest BCUT2D eigenvalue weighted by Gasteiger charge is -1.84. The third-order valence-corrected chi connectivity index (χ3v) is 3.43. The molecule has 0 radical (unpaired) electrons. The normalized spacial score (nSPS) is 10.4. The highest BCUT2D eigenvalue weighted by Gasteiger charge is 2.05. The zero-order chi connectivity index (χ0) is 15.5. The Labute approximate surface area is 127 Å². The number of H-pyrrole nitrogens is 2. The smallest absolute Gasteiger partial charge is 0.352 e. The van der Waals surface area contributed by atoms with Gasteiger partial charge in [-0.15, -0.1) is 0 Å². The van der Waals surface area contributed by atoms with E-state index in [9.17, 15) is 4.79 Å². The summed E-state index contributed by atoms with van der Waals surface area (Å²) in [5.74, 6) is -0.925. The molecule has 0 fully saturated rings. The topological polar surface area (TPSA) is 68.9 Å². The van der Waals surface area contributed by atoms with E-state index >= 15 is 0 Å². The standard InChI is InChI=1S/C9H7NO2.C9H9N/c11-9(12)8-5-6-3-1-2-4-7(6)10-8;1-7-6-8-4-2-3-5-9(8)10-7/h1-5,10H,(H,11,12);2-6,10H,1H3. The number of aromatic carboxylic acids is 1. The van der Waals surface area contributed by atoms with E-state index in [1.807, 2.05) is 30.3 Å². The van der Waals surface area contributed by atoms with Crippen LogP contribution in [0.25, 0.3) is 21.8 Å². The number of para-hydroxylation sites is 2. The van der Waals surface area contributed by atoms with Crippen LogP contribution in [0.1, 0.15) is 16.2 Å². The fourth-order valence-electron chi connectivity index (χ4n) is 2.41. The van der Waals surface area contributed by atoms with E-state index in [0.29, 0.717) is 0 Å². The third kappa shape index (κ3) is 2.86. The Morgan fingerprint density at radius 3 is 1.95 bits per heavy atom. The predicted octanol–water partition coefficient (Wildman–Crippen LogP) is 4.34. The molecular weight excluding hydrogens is 276 g/mol. The number of benzene rings is 2. The lowest BCUT2D eigenvalue weighted by Crippen LogP contribution is -1.94. The summed E-state index contributed by atoms with van der Waals surface area (Å²) >= 11 is 0. The van der Waals surface area contributed by atoms with Gasteiger partial charge in [0.15, 0.2) is 0 Å². The molecule has 4 heteroatoms. The molecule has 4 aromatic rings. The van der Waals surface area contributed by atoms with Crippen molar-refractivity contribution in [3.05, 3.63) is 72.1 Å². The molecule has 0 atom stereocenters. The third-order valence-electron chi connectivity index (χ3n) is 3.43. The molecule has 0 aliphatic rings. The van der Waals surface area contributed by atoms with E-state index in [2.05, 4.69) is 41.2 Å². The van der Waals surface area contributed by atoms with Crippen molar-refractivity contribution in [2.75, 3.05) is 0 Å². The van der Waals surface area contributed by atoms with Gasteiger partial charge in [-0.2, -0.15) is 0 Å². The van der Waals surface area contributed by atoms with Crippen molar-refractivity contribution in [1.29, 1.82) is 0 Å². The van der Waals surface area contributed by atoms with Gasteiger partial charge in [-0.1, -0.05) is 36.4 Å². The van der Waals surface area contributed by atoms with Crippen LogP contribution >= 0.6 is 0 Å². The van der Waals surface area contributed by atoms with Gasteiger partial charge in [-0.25, -0.2) is 4.79 Å². The number of aryl methyl sites for hydroxylation is 1. The second-order valence-electron chi connectivity index (χ2n) is 5.12. The fourth-order valence-corrected chi connectivity index (χ4v) is 2.41. The summed E-state index contributed by atoms with van der Waals surface area (Å²) in [7, 11) is 0. The maximum Gasteiger partial charge on any atom is 0.352 e. The van der Waals surface area contributed by atoms with Crippen LogP contribution < -0.4 is 0 Å². The summed E-state index contributed by atoms with van der Waals surface area (Å²) in [5.41, 5.74) is 3.53. The second-order valence-corrected chi connectivity index (χ2v) is 5.12. The number of carboxylic acids is 1. The molecule has 0 unspecified atom stereocenters. The molecule has 2 aromatic heterocycles. The van der Waals surface area contributed by atoms with Crippen LogP contribution in [0, 0.1) is 6.92 Å². The molecule has 3 N–H and O–H groups in total. The molecule has 0 bridgehead atoms. The maximum absolute atomic E-state index is 10.5. The van der Waals surface area contributed by atoms with Crippen LogP contribution in [0.3, 0.4) is 0 Å². The SMILES string of the molecule is Cc1cc2ccccc2[nH]1.O=C(O)c1cc2ccccc2[nH]1. The minimum Gasteiger partial charge on any atom is -0.477 e. The fraction of sp³-hybridized carbons (Fsp3) is 0.0556. The van der Waals surface area contributed by atoms with Crippen LogP contribution in [0.2, 0.25) is 0 Å². The van der Waals surface area contributed by atoms with Gasteiger partial charge >= 0.3 is 5.97 Å². The van der Waals surface area contributed by atoms with Gasteiger partial charge in [0.1, 0.15) is 5.69 Å². The first-order valence-corrected chi connectivity index (χ1v) is 6.99. The molecule has 0 aliphatic heterocycles. The number of carbonyl (C=O) groups is 1. The number of nitrogens with one attached hydrogen (secondary N) is 2. The van der Waals surface area contributed by atoms with Crippen molar-refractivity contribution in [1.82, 2.24) is 9.97 Å². The van der Waals surface area contributed by atoms with Gasteiger partial charge in [-0.3, -0.25) is 0 Å². The molecule has 110 valence electrons. The van der Waals surface area contributed by atoms with E-state index in [-0.39, 0.29) is 5.69 Å². The summed E-state index contributed by atoms with van der Waals surface area (Å²) < 4.78 is 0. The molecule has 2 heterocycles. The van der Waals surface area contributed by atoms with Crippen molar-refractivity contribution in [3.63, 3.8) is 0 Å².